The van der Waals surface area contributed by atoms with Crippen LogP contribution in [0.4, 0.5) is 0 Å². The Bertz CT molecular complexity index is 456. The third-order valence-electron chi connectivity index (χ3n) is 2.96. The molecule has 84 valence electrons. The van der Waals surface area contributed by atoms with Crippen LogP contribution in [0.2, 0.25) is 0 Å². The van der Waals surface area contributed by atoms with Crippen molar-refractivity contribution in [1.29, 1.82) is 0 Å². The van der Waals surface area contributed by atoms with Gasteiger partial charge in [0, 0.05) is 20.2 Å². The lowest BCUT2D eigenvalue weighted by atomic mass is 10.1. The van der Waals surface area contributed by atoms with E-state index in [1.165, 1.54) is 0 Å². The second-order valence-corrected chi connectivity index (χ2v) is 3.97. The van der Waals surface area contributed by atoms with Crippen molar-refractivity contribution >= 4 is 0 Å². The number of hydrogen-bond acceptors (Lipinski definition) is 2. The molecule has 1 saturated heterocycles. The average Bonchev–Trinajstić information content (AvgIpc) is 2.73. The fraction of sp³-hybridized carbons (Fsp3) is 0.500. The Balaban J connectivity index is 2.24. The lowest BCUT2D eigenvalue weighted by Gasteiger charge is -2.22. The van der Waals surface area contributed by atoms with E-state index in [4.69, 9.17) is 8.27 Å². The zero-order valence-electron chi connectivity index (χ0n) is 11.2. The Morgan fingerprint density at radius 2 is 2.31 bits per heavy atom. The lowest BCUT2D eigenvalue weighted by molar-refractivity contribution is 0.251. The Kier molecular flexibility index (Phi) is 2.70. The Hall–Kier alpha value is -1.51. The van der Waals surface area contributed by atoms with Gasteiger partial charge in [0.05, 0.1) is 6.04 Å². The molecule has 0 N–H and O–H groups in total. The minimum atomic E-state index is -1.53. The van der Waals surface area contributed by atoms with Crippen LogP contribution in [-0.4, -0.2) is 23.5 Å². The van der Waals surface area contributed by atoms with Gasteiger partial charge in [-0.15, -0.1) is 0 Å². The summed E-state index contributed by atoms with van der Waals surface area (Å²) in [7, 11) is 0. The van der Waals surface area contributed by atoms with Crippen LogP contribution in [0.1, 0.15) is 21.6 Å². The predicted molar refractivity (Wildman–Crippen MR) is 63.9 cm³/mol. The van der Waals surface area contributed by atoms with Gasteiger partial charge in [0.1, 0.15) is 0 Å². The Morgan fingerprint density at radius 3 is 3.00 bits per heavy atom. The van der Waals surface area contributed by atoms with E-state index < -0.39 is 6.50 Å². The molecule has 4 nitrogen and oxygen atoms in total. The van der Waals surface area contributed by atoms with Crippen molar-refractivity contribution in [3.63, 3.8) is 0 Å². The van der Waals surface area contributed by atoms with Crippen LogP contribution in [0, 0.1) is 0 Å². The van der Waals surface area contributed by atoms with Crippen molar-refractivity contribution in [1.82, 2.24) is 4.90 Å². The minimum Gasteiger partial charge on any atom is -0.296 e. The van der Waals surface area contributed by atoms with Crippen LogP contribution in [0.3, 0.4) is 0 Å². The summed E-state index contributed by atoms with van der Waals surface area (Å²) in [5, 5.41) is 3.73. The maximum atomic E-state index is 8.50. The molecule has 0 unspecified atom stereocenters. The van der Waals surface area contributed by atoms with Crippen molar-refractivity contribution in [2.75, 3.05) is 6.54 Å². The van der Waals surface area contributed by atoms with E-state index >= 15 is 0 Å². The van der Waals surface area contributed by atoms with Crippen LogP contribution >= 0.6 is 0 Å². The average molecular weight is 218 g/mol. The smallest absolute Gasteiger partial charge is 0.0539 e. The highest BCUT2D eigenvalue weighted by atomic mass is 15.2. The molecule has 0 saturated carbocycles. The largest absolute Gasteiger partial charge is 0.296 e. The first kappa shape index (κ1) is 8.62. The van der Waals surface area contributed by atoms with Gasteiger partial charge >= 0.3 is 0 Å². The highest BCUT2D eigenvalue weighted by Crippen LogP contribution is 2.22. The zero-order chi connectivity index (χ0) is 13.2. The summed E-state index contributed by atoms with van der Waals surface area (Å²) in [5.41, 5.74) is 9.13. The molecule has 0 aliphatic carbocycles. The number of rotatable bonds is 3. The predicted octanol–water partition coefficient (Wildman–Crippen LogP) is 2.96. The monoisotopic (exact) mass is 218 g/mol. The van der Waals surface area contributed by atoms with Gasteiger partial charge in [-0.25, -0.2) is 0 Å². The van der Waals surface area contributed by atoms with Crippen LogP contribution in [0.15, 0.2) is 35.4 Å². The molecule has 1 aliphatic heterocycles. The first-order chi connectivity index (χ1) is 8.57. The summed E-state index contributed by atoms with van der Waals surface area (Å²) >= 11 is 0. The van der Waals surface area contributed by atoms with Gasteiger partial charge in [-0.1, -0.05) is 35.4 Å². The van der Waals surface area contributed by atoms with Gasteiger partial charge in [-0.2, -0.15) is 0 Å². The first-order valence-electron chi connectivity index (χ1n) is 6.44. The standard InChI is InChI=1S/C12H16N4/c1-10-12(14-15-13)7-8-16(10)9-11-5-3-2-4-6-11/h2-6,10,12H,7-9H2,1H3/t10-,12-/m0/s1/i9D2. The summed E-state index contributed by atoms with van der Waals surface area (Å²) in [5.74, 6) is 0. The molecule has 1 aromatic rings. The SMILES string of the molecule is [2H]C([2H])(c1ccccc1)N1CC[C@H](N=[N+]=[N-])[C@@H]1C. The molecule has 1 aliphatic rings. The van der Waals surface area contributed by atoms with E-state index in [9.17, 15) is 0 Å². The quantitative estimate of drug-likeness (QED) is 0.437. The molecule has 0 aromatic heterocycles. The third kappa shape index (κ3) is 2.35. The highest BCUT2D eigenvalue weighted by Gasteiger charge is 2.29. The minimum absolute atomic E-state index is 0.0869. The molecule has 0 radical (unpaired) electrons. The second kappa shape index (κ2) is 5.01. The van der Waals surface area contributed by atoms with Crippen LogP contribution in [0.5, 0.6) is 0 Å². The number of benzene rings is 1. The Morgan fingerprint density at radius 1 is 1.56 bits per heavy atom. The van der Waals surface area contributed by atoms with E-state index in [2.05, 4.69) is 10.0 Å². The van der Waals surface area contributed by atoms with Crippen molar-refractivity contribution in [2.45, 2.75) is 31.9 Å². The van der Waals surface area contributed by atoms with Gasteiger partial charge in [0.2, 0.25) is 0 Å². The summed E-state index contributed by atoms with van der Waals surface area (Å²) < 4.78 is 16.5. The van der Waals surface area contributed by atoms with E-state index in [0.717, 1.165) is 0 Å². The fourth-order valence-electron chi connectivity index (χ4n) is 1.98. The second-order valence-electron chi connectivity index (χ2n) is 3.97. The number of nitrogens with zero attached hydrogens (tertiary/aromatic N) is 4. The van der Waals surface area contributed by atoms with Gasteiger partial charge < -0.3 is 0 Å². The summed E-state index contributed by atoms with van der Waals surface area (Å²) in [4.78, 5) is 4.60. The summed E-state index contributed by atoms with van der Waals surface area (Å²) in [6.45, 7) is 0.986. The molecule has 0 bridgehead atoms. The molecule has 2 rings (SSSR count). The fourth-order valence-corrected chi connectivity index (χ4v) is 1.98. The van der Waals surface area contributed by atoms with Crippen molar-refractivity contribution in [3.05, 3.63) is 46.3 Å². The molecule has 2 atom stereocenters. The molecule has 1 fully saturated rings. The molecular weight excluding hydrogens is 200 g/mol. The van der Waals surface area contributed by atoms with Crippen LogP contribution in [0.25, 0.3) is 10.4 Å². The van der Waals surface area contributed by atoms with E-state index in [1.807, 2.05) is 25.1 Å². The van der Waals surface area contributed by atoms with Gasteiger partial charge in [-0.05, 0) is 31.0 Å². The summed E-state index contributed by atoms with van der Waals surface area (Å²) in [6.07, 6.45) is 0.706. The van der Waals surface area contributed by atoms with Gasteiger partial charge in [-0.3, -0.25) is 4.90 Å². The molecular formula is C12H16N4. The maximum absolute atomic E-state index is 8.50. The molecule has 1 heterocycles. The van der Waals surface area contributed by atoms with Gasteiger partial charge in [0.15, 0.2) is 0 Å². The molecule has 1 aromatic carbocycles. The van der Waals surface area contributed by atoms with Crippen molar-refractivity contribution in [3.8, 4) is 0 Å². The van der Waals surface area contributed by atoms with Crippen LogP contribution < -0.4 is 0 Å². The maximum Gasteiger partial charge on any atom is 0.0539 e. The van der Waals surface area contributed by atoms with Gasteiger partial charge in [0.25, 0.3) is 0 Å². The Labute approximate surface area is 98.3 Å². The lowest BCUT2D eigenvalue weighted by Crippen LogP contribution is -2.30. The van der Waals surface area contributed by atoms with E-state index in [1.54, 1.807) is 17.0 Å². The molecule has 4 heteroatoms. The van der Waals surface area contributed by atoms with E-state index in [-0.39, 0.29) is 12.1 Å². The number of likely N-dealkylation sites (tertiary alicyclic amines) is 1. The first-order valence-corrected chi connectivity index (χ1v) is 5.44. The van der Waals surface area contributed by atoms with Crippen molar-refractivity contribution in [2.24, 2.45) is 5.11 Å². The topological polar surface area (TPSA) is 52.0 Å². The number of hydrogen-bond donors (Lipinski definition) is 0. The number of azide groups is 1. The normalized spacial score (nSPS) is 28.1. The molecule has 0 amide bonds. The molecule has 16 heavy (non-hydrogen) atoms. The van der Waals surface area contributed by atoms with Crippen molar-refractivity contribution < 1.29 is 2.74 Å². The summed E-state index contributed by atoms with van der Waals surface area (Å²) in [6, 6.07) is 8.87. The van der Waals surface area contributed by atoms with E-state index in [0.29, 0.717) is 18.5 Å². The highest BCUT2D eigenvalue weighted by molar-refractivity contribution is 5.15. The van der Waals surface area contributed by atoms with Crippen LogP contribution in [-0.2, 0) is 6.50 Å². The third-order valence-corrected chi connectivity index (χ3v) is 2.96. The zero-order valence-corrected chi connectivity index (χ0v) is 9.24. The molecule has 0 spiro atoms.